The van der Waals surface area contributed by atoms with Gasteiger partial charge in [0.25, 0.3) is 0 Å². The smallest absolute Gasteiger partial charge is 0.457 e. The molecule has 0 saturated heterocycles. The number of nitrogens with zero attached hydrogens (tertiary/aromatic N) is 1. The molecule has 0 rings (SSSR count). The molecule has 0 aliphatic rings. The minimum Gasteiger partial charge on any atom is -0.457 e. The van der Waals surface area contributed by atoms with E-state index in [0.29, 0.717) is 24.1 Å². The summed E-state index contributed by atoms with van der Waals surface area (Å²) in [5.74, 6) is -0.340. The van der Waals surface area contributed by atoms with Crippen molar-refractivity contribution in [3.8, 4) is 0 Å². The quantitative estimate of drug-likeness (QED) is 0.0653. The van der Waals surface area contributed by atoms with Crippen molar-refractivity contribution in [1.82, 2.24) is 0 Å². The van der Waals surface area contributed by atoms with Crippen LogP contribution in [0.25, 0.3) is 0 Å². The number of phosphoric ester groups is 1. The molecule has 0 bridgehead atoms. The van der Waals surface area contributed by atoms with Gasteiger partial charge in [-0.25, -0.2) is 4.57 Å². The van der Waals surface area contributed by atoms with Crippen LogP contribution in [0.5, 0.6) is 0 Å². The van der Waals surface area contributed by atoms with Gasteiger partial charge in [-0.1, -0.05) is 84.5 Å². The molecule has 1 N–H and O–H groups in total. The fraction of sp³-hybridized carbons (Fsp3) is 0.962. The first-order chi connectivity index (χ1) is 16.6. The topological polar surface area (TPSA) is 91.3 Å². The van der Waals surface area contributed by atoms with Crippen molar-refractivity contribution in [1.29, 1.82) is 0 Å². The number of likely N-dealkylation sites (N-methyl/N-ethyl adjacent to an activating group) is 1. The molecule has 210 valence electrons. The Labute approximate surface area is 215 Å². The number of unbranched alkanes of at least 4 members (excludes halogenated alkanes) is 11. The summed E-state index contributed by atoms with van der Waals surface area (Å²) in [6.07, 6.45) is 14.8. The van der Waals surface area contributed by atoms with Crippen molar-refractivity contribution in [2.24, 2.45) is 0 Å². The van der Waals surface area contributed by atoms with Gasteiger partial charge in [-0.15, -0.1) is 0 Å². The third-order valence-electron chi connectivity index (χ3n) is 5.67. The molecule has 0 aromatic heterocycles. The monoisotopic (exact) mass is 524 g/mol. The van der Waals surface area contributed by atoms with Gasteiger partial charge in [-0.3, -0.25) is 13.8 Å². The van der Waals surface area contributed by atoms with E-state index < -0.39 is 13.9 Å². The van der Waals surface area contributed by atoms with E-state index in [9.17, 15) is 14.3 Å². The second kappa shape index (κ2) is 21.6. The molecule has 0 amide bonds. The summed E-state index contributed by atoms with van der Waals surface area (Å²) in [4.78, 5) is 22.1. The second-order valence-electron chi connectivity index (χ2n) is 10.4. The molecule has 0 heterocycles. The average molecular weight is 525 g/mol. The molecule has 0 aromatic carbocycles. The lowest BCUT2D eigenvalue weighted by Crippen LogP contribution is -2.37. The first-order valence-electron chi connectivity index (χ1n) is 13.8. The molecule has 9 heteroatoms. The highest BCUT2D eigenvalue weighted by Crippen LogP contribution is 2.43. The van der Waals surface area contributed by atoms with Crippen molar-refractivity contribution in [3.05, 3.63) is 0 Å². The number of carbonyl (C=O) groups excluding carboxylic acids is 1. The maximum absolute atomic E-state index is 12.2. The second-order valence-corrected chi connectivity index (χ2v) is 11.9. The van der Waals surface area contributed by atoms with Gasteiger partial charge < -0.3 is 18.9 Å². The van der Waals surface area contributed by atoms with Crippen LogP contribution in [0.1, 0.15) is 104 Å². The number of rotatable bonds is 25. The number of hydrogen-bond acceptors (Lipinski definition) is 6. The normalized spacial score (nSPS) is 14.6. The van der Waals surface area contributed by atoms with E-state index >= 15 is 0 Å². The third kappa shape index (κ3) is 25.0. The summed E-state index contributed by atoms with van der Waals surface area (Å²) in [6.45, 7) is 5.42. The van der Waals surface area contributed by atoms with Crippen molar-refractivity contribution in [2.45, 2.75) is 110 Å². The SMILES string of the molecule is CCCCCCCCCCCCOCC(COP(=O)(O)OCC[N+](C)(C)C)OC(=O)CCCCC. The molecule has 0 aromatic rings. The number of esters is 1. The molecule has 2 atom stereocenters. The minimum absolute atomic E-state index is 0.0913. The van der Waals surface area contributed by atoms with Gasteiger partial charge in [0.15, 0.2) is 0 Å². The van der Waals surface area contributed by atoms with Gasteiger partial charge in [-0.2, -0.15) is 0 Å². The average Bonchev–Trinajstić information content (AvgIpc) is 2.77. The van der Waals surface area contributed by atoms with Gasteiger partial charge in [-0.05, 0) is 12.8 Å². The van der Waals surface area contributed by atoms with E-state index in [0.717, 1.165) is 32.1 Å². The number of ether oxygens (including phenoxy) is 2. The van der Waals surface area contributed by atoms with Crippen LogP contribution in [0.2, 0.25) is 0 Å². The molecule has 35 heavy (non-hydrogen) atoms. The van der Waals surface area contributed by atoms with Gasteiger partial charge in [0.1, 0.15) is 19.3 Å². The van der Waals surface area contributed by atoms with Gasteiger partial charge in [0.05, 0.1) is 34.4 Å². The Hall–Kier alpha value is -0.500. The van der Waals surface area contributed by atoms with E-state index in [1.807, 2.05) is 21.1 Å². The fourth-order valence-electron chi connectivity index (χ4n) is 3.43. The Balaban J connectivity index is 4.26. The highest BCUT2D eigenvalue weighted by Gasteiger charge is 2.26. The first kappa shape index (κ1) is 34.5. The Morgan fingerprint density at radius 1 is 0.771 bits per heavy atom. The summed E-state index contributed by atoms with van der Waals surface area (Å²) in [5, 5.41) is 0. The van der Waals surface area contributed by atoms with Crippen LogP contribution >= 0.6 is 7.82 Å². The molecule has 0 aliphatic heterocycles. The first-order valence-corrected chi connectivity index (χ1v) is 15.3. The number of hydrogen-bond donors (Lipinski definition) is 1. The van der Waals surface area contributed by atoms with Crippen LogP contribution in [0.4, 0.5) is 0 Å². The van der Waals surface area contributed by atoms with Crippen LogP contribution in [-0.2, 0) is 27.9 Å². The summed E-state index contributed by atoms with van der Waals surface area (Å²) in [7, 11) is 1.67. The van der Waals surface area contributed by atoms with Gasteiger partial charge in [0, 0.05) is 13.0 Å². The Morgan fingerprint density at radius 3 is 1.89 bits per heavy atom. The standard InChI is InChI=1S/C26H54NO7P/c1-6-8-10-11-12-13-14-15-16-18-21-31-23-25(34-26(28)19-17-9-7-2)24-33-35(29,30)32-22-20-27(3,4)5/h25H,6-24H2,1-5H3/p+1. The van der Waals surface area contributed by atoms with E-state index in [-0.39, 0.29) is 25.8 Å². The summed E-state index contributed by atoms with van der Waals surface area (Å²) < 4.78 is 34.2. The molecule has 2 unspecified atom stereocenters. The molecular formula is C26H55NO7P+. The van der Waals surface area contributed by atoms with Crippen molar-refractivity contribution >= 4 is 13.8 Å². The predicted octanol–water partition coefficient (Wildman–Crippen LogP) is 6.26. The highest BCUT2D eigenvalue weighted by atomic mass is 31.2. The molecular weight excluding hydrogens is 469 g/mol. The number of quaternary nitrogens is 1. The van der Waals surface area contributed by atoms with E-state index in [2.05, 4.69) is 13.8 Å². The Morgan fingerprint density at radius 2 is 1.31 bits per heavy atom. The zero-order chi connectivity index (χ0) is 26.4. The summed E-state index contributed by atoms with van der Waals surface area (Å²) in [6, 6.07) is 0. The molecule has 0 fully saturated rings. The van der Waals surface area contributed by atoms with Crippen molar-refractivity contribution < 1.29 is 37.3 Å². The summed E-state index contributed by atoms with van der Waals surface area (Å²) in [5.41, 5.74) is 0. The van der Waals surface area contributed by atoms with Gasteiger partial charge in [0.2, 0.25) is 0 Å². The van der Waals surface area contributed by atoms with E-state index in [1.165, 1.54) is 51.4 Å². The fourth-order valence-corrected chi connectivity index (χ4v) is 4.17. The molecule has 0 radical (unpaired) electrons. The van der Waals surface area contributed by atoms with Crippen LogP contribution in [0, 0.1) is 0 Å². The molecule has 0 aliphatic carbocycles. The van der Waals surface area contributed by atoms with Crippen LogP contribution < -0.4 is 0 Å². The predicted molar refractivity (Wildman–Crippen MR) is 141 cm³/mol. The zero-order valence-corrected chi connectivity index (χ0v) is 24.2. The maximum Gasteiger partial charge on any atom is 0.472 e. The Kier molecular flexibility index (Phi) is 21.3. The van der Waals surface area contributed by atoms with Crippen molar-refractivity contribution in [2.75, 3.05) is 54.1 Å². The lowest BCUT2D eigenvalue weighted by Gasteiger charge is -2.24. The highest BCUT2D eigenvalue weighted by molar-refractivity contribution is 7.47. The van der Waals surface area contributed by atoms with Gasteiger partial charge >= 0.3 is 13.8 Å². The van der Waals surface area contributed by atoms with E-state index in [1.54, 1.807) is 0 Å². The molecule has 8 nitrogen and oxygen atoms in total. The zero-order valence-electron chi connectivity index (χ0n) is 23.3. The number of carbonyl (C=O) groups is 1. The largest absolute Gasteiger partial charge is 0.472 e. The minimum atomic E-state index is -4.23. The molecule has 0 saturated carbocycles. The lowest BCUT2D eigenvalue weighted by atomic mass is 10.1. The van der Waals surface area contributed by atoms with Crippen LogP contribution in [0.3, 0.4) is 0 Å². The maximum atomic E-state index is 12.2. The third-order valence-corrected chi connectivity index (χ3v) is 6.65. The lowest BCUT2D eigenvalue weighted by molar-refractivity contribution is -0.870. The van der Waals surface area contributed by atoms with Crippen LogP contribution in [-0.4, -0.2) is 75.6 Å². The summed E-state index contributed by atoms with van der Waals surface area (Å²) >= 11 is 0. The van der Waals surface area contributed by atoms with E-state index in [4.69, 9.17) is 18.5 Å². The Bertz CT molecular complexity index is 554. The van der Waals surface area contributed by atoms with Crippen molar-refractivity contribution in [3.63, 3.8) is 0 Å². The number of phosphoric acid groups is 1. The van der Waals surface area contributed by atoms with Crippen LogP contribution in [0.15, 0.2) is 0 Å². The molecule has 0 spiro atoms.